The maximum Gasteiger partial charge on any atom is 0.0680 e. The minimum atomic E-state index is -0.234. The molecule has 0 heterocycles. The van der Waals surface area contributed by atoms with Crippen LogP contribution in [0.15, 0.2) is 0 Å². The lowest BCUT2D eigenvalue weighted by Gasteiger charge is -2.08. The van der Waals surface area contributed by atoms with Gasteiger partial charge < -0.3 is 5.11 Å². The van der Waals surface area contributed by atoms with E-state index in [0.29, 0.717) is 5.92 Å². The fourth-order valence-electron chi connectivity index (χ4n) is 2.06. The van der Waals surface area contributed by atoms with Crippen LogP contribution in [-0.4, -0.2) is 10.7 Å². The molecule has 0 saturated heterocycles. The van der Waals surface area contributed by atoms with Gasteiger partial charge in [0.2, 0.25) is 0 Å². The molecule has 1 heteroatoms. The Morgan fingerprint density at radius 2 is 2.00 bits per heavy atom. The first kappa shape index (κ1) is 10.0. The molecule has 0 aromatic heterocycles. The summed E-state index contributed by atoms with van der Waals surface area (Å²) in [6.07, 6.45) is 8.41. The highest BCUT2D eigenvalue weighted by atomic mass is 16.3. The van der Waals surface area contributed by atoms with E-state index in [4.69, 9.17) is 0 Å². The number of unbranched alkanes of at least 4 members (excludes halogenated alkanes) is 3. The van der Waals surface area contributed by atoms with Gasteiger partial charge in [0.1, 0.15) is 0 Å². The van der Waals surface area contributed by atoms with Gasteiger partial charge in [0.15, 0.2) is 0 Å². The van der Waals surface area contributed by atoms with Gasteiger partial charge in [-0.2, -0.15) is 0 Å². The fourth-order valence-corrected chi connectivity index (χ4v) is 2.06. The molecule has 2 unspecified atom stereocenters. The van der Waals surface area contributed by atoms with E-state index in [-0.39, 0.29) is 5.60 Å². The summed E-state index contributed by atoms with van der Waals surface area (Å²) in [6.45, 7) is 4.40. The van der Waals surface area contributed by atoms with E-state index in [9.17, 15) is 5.11 Å². The topological polar surface area (TPSA) is 20.2 Å². The van der Waals surface area contributed by atoms with E-state index in [1.54, 1.807) is 0 Å². The molecule has 0 radical (unpaired) electrons. The van der Waals surface area contributed by atoms with Crippen LogP contribution in [0.5, 0.6) is 0 Å². The van der Waals surface area contributed by atoms with Crippen LogP contribution in [0.4, 0.5) is 0 Å². The van der Waals surface area contributed by atoms with Crippen molar-refractivity contribution in [3.05, 3.63) is 0 Å². The summed E-state index contributed by atoms with van der Waals surface area (Å²) in [6, 6.07) is 0. The molecular formula is C11H22O. The van der Waals surface area contributed by atoms with Crippen molar-refractivity contribution in [3.8, 4) is 0 Å². The van der Waals surface area contributed by atoms with Crippen LogP contribution < -0.4 is 0 Å². The third kappa shape index (κ3) is 2.48. The summed E-state index contributed by atoms with van der Waals surface area (Å²) < 4.78 is 0. The predicted molar refractivity (Wildman–Crippen MR) is 52.1 cm³/mol. The van der Waals surface area contributed by atoms with E-state index < -0.39 is 0 Å². The van der Waals surface area contributed by atoms with Crippen LogP contribution in [0, 0.1) is 5.92 Å². The van der Waals surface area contributed by atoms with E-state index >= 15 is 0 Å². The third-order valence-electron chi connectivity index (χ3n) is 3.16. The Hall–Kier alpha value is -0.0400. The van der Waals surface area contributed by atoms with Crippen molar-refractivity contribution in [1.29, 1.82) is 0 Å². The van der Waals surface area contributed by atoms with E-state index in [1.165, 1.54) is 25.7 Å². The molecule has 1 N–H and O–H groups in total. The minimum Gasteiger partial charge on any atom is -0.390 e. The molecule has 1 saturated carbocycles. The van der Waals surface area contributed by atoms with E-state index in [0.717, 1.165) is 19.3 Å². The van der Waals surface area contributed by atoms with Crippen LogP contribution in [0.1, 0.15) is 58.8 Å². The average Bonchev–Trinajstić information content (AvgIpc) is 2.72. The number of hydrogen-bond acceptors (Lipinski definition) is 1. The van der Waals surface area contributed by atoms with Crippen LogP contribution in [0.2, 0.25) is 0 Å². The molecule has 1 nitrogen and oxygen atoms in total. The predicted octanol–water partition coefficient (Wildman–Crippen LogP) is 3.12. The third-order valence-corrected chi connectivity index (χ3v) is 3.16. The van der Waals surface area contributed by atoms with Gasteiger partial charge in [-0.1, -0.05) is 46.0 Å². The largest absolute Gasteiger partial charge is 0.390 e. The Labute approximate surface area is 76.2 Å². The van der Waals surface area contributed by atoms with Crippen molar-refractivity contribution in [2.45, 2.75) is 64.4 Å². The van der Waals surface area contributed by atoms with Gasteiger partial charge in [0.05, 0.1) is 5.60 Å². The zero-order valence-corrected chi connectivity index (χ0v) is 8.47. The molecular weight excluding hydrogens is 148 g/mol. The van der Waals surface area contributed by atoms with Gasteiger partial charge in [-0.3, -0.25) is 0 Å². The molecule has 1 fully saturated rings. The van der Waals surface area contributed by atoms with Gasteiger partial charge in [-0.25, -0.2) is 0 Å². The van der Waals surface area contributed by atoms with Crippen LogP contribution >= 0.6 is 0 Å². The molecule has 0 amide bonds. The molecule has 0 aromatic carbocycles. The van der Waals surface area contributed by atoms with Crippen molar-refractivity contribution in [2.24, 2.45) is 5.92 Å². The lowest BCUT2D eigenvalue weighted by molar-refractivity contribution is 0.117. The molecule has 72 valence electrons. The lowest BCUT2D eigenvalue weighted by Crippen LogP contribution is -2.10. The van der Waals surface area contributed by atoms with Crippen molar-refractivity contribution in [2.75, 3.05) is 0 Å². The molecule has 0 spiro atoms. The highest BCUT2D eigenvalue weighted by Crippen LogP contribution is 2.48. The summed E-state index contributed by atoms with van der Waals surface area (Å²) in [5, 5.41) is 9.89. The summed E-state index contributed by atoms with van der Waals surface area (Å²) in [7, 11) is 0. The summed E-state index contributed by atoms with van der Waals surface area (Å²) in [4.78, 5) is 0. The molecule has 12 heavy (non-hydrogen) atoms. The zero-order valence-electron chi connectivity index (χ0n) is 8.47. The highest BCUT2D eigenvalue weighted by molar-refractivity contribution is 5.02. The standard InChI is InChI=1S/C11H22O/c1-3-5-6-7-8-11(12)9-10(11)4-2/h10,12H,3-9H2,1-2H3. The molecule has 1 aliphatic carbocycles. The van der Waals surface area contributed by atoms with Crippen molar-refractivity contribution >= 4 is 0 Å². The Kier molecular flexibility index (Phi) is 3.57. The summed E-state index contributed by atoms with van der Waals surface area (Å²) >= 11 is 0. The first-order chi connectivity index (χ1) is 5.73. The van der Waals surface area contributed by atoms with E-state index in [1.807, 2.05) is 0 Å². The lowest BCUT2D eigenvalue weighted by atomic mass is 10.1. The zero-order chi connectivity index (χ0) is 9.03. The average molecular weight is 170 g/mol. The second-order valence-corrected chi connectivity index (χ2v) is 4.22. The molecule has 1 aliphatic rings. The monoisotopic (exact) mass is 170 g/mol. The van der Waals surface area contributed by atoms with Crippen LogP contribution in [0.25, 0.3) is 0 Å². The Bertz CT molecular complexity index is 133. The summed E-state index contributed by atoms with van der Waals surface area (Å²) in [5.74, 6) is 0.624. The number of hydrogen-bond donors (Lipinski definition) is 1. The molecule has 0 aromatic rings. The van der Waals surface area contributed by atoms with Gasteiger partial charge in [-0.05, 0) is 18.8 Å². The van der Waals surface area contributed by atoms with Gasteiger partial charge >= 0.3 is 0 Å². The second kappa shape index (κ2) is 4.27. The Balaban J connectivity index is 2.01. The second-order valence-electron chi connectivity index (χ2n) is 4.22. The quantitative estimate of drug-likeness (QED) is 0.607. The number of rotatable bonds is 6. The highest BCUT2D eigenvalue weighted by Gasteiger charge is 2.50. The van der Waals surface area contributed by atoms with Crippen molar-refractivity contribution in [1.82, 2.24) is 0 Å². The number of aliphatic hydroxyl groups is 1. The molecule has 0 bridgehead atoms. The van der Waals surface area contributed by atoms with E-state index in [2.05, 4.69) is 13.8 Å². The minimum absolute atomic E-state index is 0.234. The fraction of sp³-hybridized carbons (Fsp3) is 1.00. The van der Waals surface area contributed by atoms with Crippen molar-refractivity contribution in [3.63, 3.8) is 0 Å². The maximum absolute atomic E-state index is 9.89. The van der Waals surface area contributed by atoms with Crippen LogP contribution in [-0.2, 0) is 0 Å². The van der Waals surface area contributed by atoms with Crippen LogP contribution in [0.3, 0.4) is 0 Å². The van der Waals surface area contributed by atoms with Gasteiger partial charge in [0, 0.05) is 0 Å². The molecule has 2 atom stereocenters. The maximum atomic E-state index is 9.89. The summed E-state index contributed by atoms with van der Waals surface area (Å²) in [5.41, 5.74) is -0.234. The first-order valence-corrected chi connectivity index (χ1v) is 5.45. The Morgan fingerprint density at radius 1 is 1.25 bits per heavy atom. The molecule has 1 rings (SSSR count). The van der Waals surface area contributed by atoms with Gasteiger partial charge in [-0.15, -0.1) is 0 Å². The smallest absolute Gasteiger partial charge is 0.0680 e. The first-order valence-electron chi connectivity index (χ1n) is 5.45. The SMILES string of the molecule is CCCCCCC1(O)CC1CC. The molecule has 0 aliphatic heterocycles. The van der Waals surface area contributed by atoms with Gasteiger partial charge in [0.25, 0.3) is 0 Å². The Morgan fingerprint density at radius 3 is 2.50 bits per heavy atom. The van der Waals surface area contributed by atoms with Crippen molar-refractivity contribution < 1.29 is 5.11 Å². The normalized spacial score (nSPS) is 33.8.